The second-order valence-electron chi connectivity index (χ2n) is 10.4. The number of Topliss-reactive ketones (excluding diaryl/α,β-unsaturated/α-hetero) is 2. The first-order chi connectivity index (χ1) is 22.8. The minimum absolute atomic E-state index is 0.00845. The third-order valence-corrected chi connectivity index (χ3v) is 11.5. The van der Waals surface area contributed by atoms with E-state index in [9.17, 15) is 41.4 Å². The molecule has 0 aliphatic heterocycles. The highest BCUT2D eigenvalue weighted by molar-refractivity contribution is 7.92. The molecule has 4 aromatic carbocycles. The Kier molecular flexibility index (Phi) is 7.54. The smallest absolute Gasteiger partial charge is 0.362 e. The summed E-state index contributed by atoms with van der Waals surface area (Å²) in [5.41, 5.74) is 16.7. The summed E-state index contributed by atoms with van der Waals surface area (Å²) in [5.74, 6) is -4.33. The second-order valence-corrected chi connectivity index (χ2v) is 14.2. The van der Waals surface area contributed by atoms with Crippen LogP contribution >= 0.6 is 0 Å². The fourth-order valence-corrected chi connectivity index (χ4v) is 8.52. The van der Waals surface area contributed by atoms with Gasteiger partial charge in [-0.2, -0.15) is 9.58 Å². The molecular formula is C33H18N4O9S2. The summed E-state index contributed by atoms with van der Waals surface area (Å²) in [6.07, 6.45) is 4.82. The number of allylic oxidation sites excluding steroid dienone is 2. The summed E-state index contributed by atoms with van der Waals surface area (Å²) in [6, 6.07) is 14.1. The van der Waals surface area contributed by atoms with Crippen LogP contribution in [-0.4, -0.2) is 65.4 Å². The van der Waals surface area contributed by atoms with Crippen molar-refractivity contribution >= 4 is 60.6 Å². The Morgan fingerprint density at radius 2 is 1.12 bits per heavy atom. The third kappa shape index (κ3) is 4.83. The zero-order chi connectivity index (χ0) is 34.5. The van der Waals surface area contributed by atoms with Gasteiger partial charge in [-0.05, 0) is 60.7 Å². The van der Waals surface area contributed by atoms with E-state index in [-0.39, 0.29) is 49.0 Å². The first-order valence-electron chi connectivity index (χ1n) is 13.7. The molecule has 48 heavy (non-hydrogen) atoms. The quantitative estimate of drug-likeness (QED) is 0.171. The van der Waals surface area contributed by atoms with E-state index in [2.05, 4.69) is 9.58 Å². The summed E-state index contributed by atoms with van der Waals surface area (Å²) in [4.78, 5) is 42.5. The van der Waals surface area contributed by atoms with Crippen molar-refractivity contribution in [3.05, 3.63) is 129 Å². The molecule has 0 fully saturated rings. The zero-order valence-corrected chi connectivity index (χ0v) is 25.7. The van der Waals surface area contributed by atoms with Crippen LogP contribution in [0, 0.1) is 0 Å². The Morgan fingerprint density at radius 3 is 1.62 bits per heavy atom. The number of fused-ring (bicyclic) bond motifs is 2. The topological polar surface area (TPSA) is 233 Å². The van der Waals surface area contributed by atoms with Crippen LogP contribution in [-0.2, 0) is 19.7 Å². The predicted octanol–water partition coefficient (Wildman–Crippen LogP) is 3.76. The lowest BCUT2D eigenvalue weighted by Gasteiger charge is -2.16. The fourth-order valence-electron chi connectivity index (χ4n) is 5.39. The summed E-state index contributed by atoms with van der Waals surface area (Å²) in [5, 5.41) is 21.7. The van der Waals surface area contributed by atoms with Gasteiger partial charge in [0.05, 0.1) is 20.2 Å². The number of hydrogen-bond acceptors (Lipinski definition) is 9. The predicted molar refractivity (Wildman–Crippen MR) is 167 cm³/mol. The number of rotatable bonds is 6. The largest absolute Gasteiger partial charge is 0.506 e. The van der Waals surface area contributed by atoms with Crippen molar-refractivity contribution in [2.24, 2.45) is 0 Å². The number of phenols is 2. The van der Waals surface area contributed by atoms with Crippen LogP contribution in [0.15, 0.2) is 105 Å². The van der Waals surface area contributed by atoms with Crippen molar-refractivity contribution in [1.29, 1.82) is 0 Å². The Hall–Kier alpha value is -6.37. The maximum atomic E-state index is 13.8. The molecule has 6 rings (SSSR count). The van der Waals surface area contributed by atoms with E-state index in [0.717, 1.165) is 48.5 Å². The van der Waals surface area contributed by atoms with Gasteiger partial charge in [0.1, 0.15) is 11.5 Å². The molecule has 0 unspecified atom stereocenters. The molecule has 0 amide bonds. The van der Waals surface area contributed by atoms with Gasteiger partial charge < -0.3 is 21.3 Å². The summed E-state index contributed by atoms with van der Waals surface area (Å²) < 4.78 is 54.7. The molecule has 2 N–H and O–H groups in total. The molecule has 0 saturated heterocycles. The van der Waals surface area contributed by atoms with E-state index in [0.29, 0.717) is 0 Å². The van der Waals surface area contributed by atoms with Gasteiger partial charge in [-0.3, -0.25) is 14.4 Å². The number of benzene rings is 4. The van der Waals surface area contributed by atoms with Gasteiger partial charge >= 0.3 is 11.4 Å². The van der Waals surface area contributed by atoms with E-state index in [1.807, 2.05) is 0 Å². The number of carbonyl (C=O) groups excluding carboxylic acids is 3. The van der Waals surface area contributed by atoms with Gasteiger partial charge in [-0.25, -0.2) is 16.8 Å². The minimum atomic E-state index is -4.79. The van der Waals surface area contributed by atoms with Crippen LogP contribution in [0.2, 0.25) is 0 Å². The number of carbonyl (C=O) groups is 3. The normalized spacial score (nSPS) is 13.8. The highest BCUT2D eigenvalue weighted by Crippen LogP contribution is 2.41. The Balaban J connectivity index is 1.37. The van der Waals surface area contributed by atoms with Gasteiger partial charge in [-0.15, -0.1) is 0 Å². The Bertz CT molecular complexity index is 2560. The molecule has 15 heteroatoms. The molecule has 0 bridgehead atoms. The van der Waals surface area contributed by atoms with E-state index < -0.39 is 63.9 Å². The van der Waals surface area contributed by atoms with Crippen molar-refractivity contribution in [3.8, 4) is 11.5 Å². The second kappa shape index (κ2) is 11.5. The van der Waals surface area contributed by atoms with Gasteiger partial charge in [0.2, 0.25) is 19.7 Å². The van der Waals surface area contributed by atoms with Gasteiger partial charge in [-0.1, -0.05) is 24.3 Å². The van der Waals surface area contributed by atoms with Crippen LogP contribution in [0.5, 0.6) is 11.5 Å². The number of nitrogens with zero attached hydrogens (tertiary/aromatic N) is 4. The van der Waals surface area contributed by atoms with Crippen LogP contribution < -0.4 is 0 Å². The molecule has 0 atom stereocenters. The van der Waals surface area contributed by atoms with E-state index in [1.165, 1.54) is 48.6 Å². The summed E-state index contributed by atoms with van der Waals surface area (Å²) in [7, 11) is -9.04. The van der Waals surface area contributed by atoms with E-state index in [1.54, 1.807) is 0 Å². The van der Waals surface area contributed by atoms with E-state index >= 15 is 0 Å². The minimum Gasteiger partial charge on any atom is -0.506 e. The Morgan fingerprint density at radius 1 is 0.625 bits per heavy atom. The molecular weight excluding hydrogens is 661 g/mol. The summed E-state index contributed by atoms with van der Waals surface area (Å²) >= 11 is 0. The van der Waals surface area contributed by atoms with Gasteiger partial charge in [0.15, 0.2) is 10.7 Å². The third-order valence-electron chi connectivity index (χ3n) is 7.75. The fraction of sp³-hybridized carbons (Fsp3) is 0. The monoisotopic (exact) mass is 678 g/mol. The lowest BCUT2D eigenvalue weighted by Crippen LogP contribution is -2.19. The maximum Gasteiger partial charge on any atom is 0.362 e. The molecule has 0 saturated carbocycles. The van der Waals surface area contributed by atoms with Crippen LogP contribution in [0.1, 0.15) is 47.8 Å². The molecule has 0 aromatic heterocycles. The molecule has 13 nitrogen and oxygen atoms in total. The number of ketones is 3. The van der Waals surface area contributed by atoms with Gasteiger partial charge in [0.25, 0.3) is 11.6 Å². The van der Waals surface area contributed by atoms with Crippen LogP contribution in [0.3, 0.4) is 0 Å². The Labute approximate surface area is 271 Å². The number of phenolic OH excluding ortho intramolecular Hbond substituents is 2. The zero-order valence-electron chi connectivity index (χ0n) is 24.1. The molecule has 236 valence electrons. The number of aromatic hydroxyl groups is 2. The number of sulfone groups is 2. The van der Waals surface area contributed by atoms with Crippen LogP contribution in [0.25, 0.3) is 23.2 Å². The van der Waals surface area contributed by atoms with E-state index in [4.69, 9.17) is 11.1 Å². The van der Waals surface area contributed by atoms with Crippen molar-refractivity contribution in [1.82, 2.24) is 0 Å². The summed E-state index contributed by atoms with van der Waals surface area (Å²) in [6.45, 7) is 0. The number of hydrogen-bond donors (Lipinski definition) is 2. The van der Waals surface area contributed by atoms with Crippen molar-refractivity contribution in [2.45, 2.75) is 19.6 Å². The van der Waals surface area contributed by atoms with Gasteiger partial charge in [0, 0.05) is 40.0 Å². The molecule has 0 spiro atoms. The standard InChI is InChI=1S/C33H18N4O9S2/c34-36-24-14-11-19-21(30(24)40)3-1-5-27(19)47(43,44)18-9-7-17(8-10-18)29(39)23-13-16-26(38)33(32(23)42)48(45,46)28-6-2-4-22-20(28)12-15-25(37-35)31(22)41/h1-16,38,42H. The SMILES string of the molecule is [N-]=[N+]=C1C=Cc2c(cccc2S(=O)(=O)c2ccc(C(=O)c3ccc(O)c(S(=O)(=O)c4cccc5c4C=CC(=[N+]=[N-])C5=O)c3O)cc2)C1=O. The van der Waals surface area contributed by atoms with Crippen molar-refractivity contribution in [3.63, 3.8) is 0 Å². The van der Waals surface area contributed by atoms with Crippen molar-refractivity contribution in [2.75, 3.05) is 0 Å². The lowest BCUT2D eigenvalue weighted by molar-refractivity contribution is -0.00459. The molecule has 4 aromatic rings. The first-order valence-corrected chi connectivity index (χ1v) is 16.6. The van der Waals surface area contributed by atoms with Crippen molar-refractivity contribution < 1.29 is 51.0 Å². The molecule has 0 radical (unpaired) electrons. The average molecular weight is 679 g/mol. The first kappa shape index (κ1) is 31.6. The molecule has 2 aliphatic carbocycles. The average Bonchev–Trinajstić information content (AvgIpc) is 3.08. The molecule has 2 aliphatic rings. The highest BCUT2D eigenvalue weighted by Gasteiger charge is 2.35. The molecule has 0 heterocycles. The lowest BCUT2D eigenvalue weighted by atomic mass is 9.95. The highest BCUT2D eigenvalue weighted by atomic mass is 32.2. The maximum absolute atomic E-state index is 13.8. The van der Waals surface area contributed by atoms with Crippen LogP contribution in [0.4, 0.5) is 0 Å².